The molecule has 0 aliphatic carbocycles. The molecule has 1 atom stereocenters. The number of nitrogens with one attached hydrogen (secondary N) is 2. The number of aromatic amines is 1. The lowest BCUT2D eigenvalue weighted by atomic mass is 10.3. The standard InChI is InChI=1S/C13H13N7O/c1-9(12-15-18-19-16-12)14-13(21)11-7-8-20(17-11)10-5-3-2-4-6-10/h2-9H,1H3,(H,14,21)(H,15,16,18,19). The molecule has 0 saturated carbocycles. The maximum absolute atomic E-state index is 12.1. The van der Waals surface area contributed by atoms with Crippen LogP contribution in [0.1, 0.15) is 29.3 Å². The second kappa shape index (κ2) is 5.53. The van der Waals surface area contributed by atoms with Crippen LogP contribution in [0.3, 0.4) is 0 Å². The van der Waals surface area contributed by atoms with Crippen LogP contribution in [0.15, 0.2) is 42.6 Å². The Morgan fingerprint density at radius 2 is 2.10 bits per heavy atom. The Kier molecular flexibility index (Phi) is 3.42. The number of hydrogen-bond donors (Lipinski definition) is 2. The zero-order valence-electron chi connectivity index (χ0n) is 11.3. The molecule has 0 spiro atoms. The van der Waals surface area contributed by atoms with E-state index in [9.17, 15) is 4.79 Å². The van der Waals surface area contributed by atoms with Gasteiger partial charge < -0.3 is 5.32 Å². The summed E-state index contributed by atoms with van der Waals surface area (Å²) in [6.07, 6.45) is 1.74. The summed E-state index contributed by atoms with van der Waals surface area (Å²) in [6.45, 7) is 1.77. The average Bonchev–Trinajstić information content (AvgIpc) is 3.20. The van der Waals surface area contributed by atoms with Crippen LogP contribution in [0.5, 0.6) is 0 Å². The minimum atomic E-state index is -0.349. The van der Waals surface area contributed by atoms with Crippen molar-refractivity contribution in [1.82, 2.24) is 35.7 Å². The molecule has 1 amide bonds. The molecule has 2 heterocycles. The van der Waals surface area contributed by atoms with Crippen molar-refractivity contribution in [2.24, 2.45) is 0 Å². The van der Waals surface area contributed by atoms with Gasteiger partial charge in [0.05, 0.1) is 11.7 Å². The Morgan fingerprint density at radius 3 is 2.81 bits per heavy atom. The van der Waals surface area contributed by atoms with Gasteiger partial charge >= 0.3 is 0 Å². The molecule has 1 aromatic carbocycles. The summed E-state index contributed by atoms with van der Waals surface area (Å²) in [5.74, 6) is 0.132. The van der Waals surface area contributed by atoms with E-state index in [2.05, 4.69) is 31.0 Å². The van der Waals surface area contributed by atoms with Crippen LogP contribution in [0, 0.1) is 0 Å². The third-order valence-corrected chi connectivity index (χ3v) is 2.94. The van der Waals surface area contributed by atoms with Gasteiger partial charge in [-0.15, -0.1) is 10.2 Å². The summed E-state index contributed by atoms with van der Waals surface area (Å²) in [5, 5.41) is 20.5. The molecule has 2 N–H and O–H groups in total. The summed E-state index contributed by atoms with van der Waals surface area (Å²) >= 11 is 0. The second-order valence-corrected chi connectivity index (χ2v) is 4.45. The Bertz CT molecular complexity index is 720. The van der Waals surface area contributed by atoms with E-state index < -0.39 is 0 Å². The second-order valence-electron chi connectivity index (χ2n) is 4.45. The predicted octanol–water partition coefficient (Wildman–Crippen LogP) is 0.876. The molecular formula is C13H13N7O. The topological polar surface area (TPSA) is 101 Å². The van der Waals surface area contributed by atoms with E-state index >= 15 is 0 Å². The summed E-state index contributed by atoms with van der Waals surface area (Å²) < 4.78 is 1.65. The van der Waals surface area contributed by atoms with Gasteiger partial charge in [-0.3, -0.25) is 4.79 Å². The van der Waals surface area contributed by atoms with Crippen molar-refractivity contribution in [3.63, 3.8) is 0 Å². The summed E-state index contributed by atoms with van der Waals surface area (Å²) in [5.41, 5.74) is 1.22. The number of H-pyrrole nitrogens is 1. The van der Waals surface area contributed by atoms with E-state index in [-0.39, 0.29) is 11.9 Å². The summed E-state index contributed by atoms with van der Waals surface area (Å²) in [7, 11) is 0. The first-order valence-corrected chi connectivity index (χ1v) is 6.39. The van der Waals surface area contributed by atoms with Crippen LogP contribution in [0.2, 0.25) is 0 Å². The molecule has 0 bridgehead atoms. The van der Waals surface area contributed by atoms with E-state index in [1.165, 1.54) is 0 Å². The van der Waals surface area contributed by atoms with E-state index in [0.29, 0.717) is 11.5 Å². The highest BCUT2D eigenvalue weighted by atomic mass is 16.2. The molecule has 106 valence electrons. The third kappa shape index (κ3) is 2.78. The number of para-hydroxylation sites is 1. The number of amides is 1. The number of benzene rings is 1. The smallest absolute Gasteiger partial charge is 0.272 e. The minimum Gasteiger partial charge on any atom is -0.341 e. The molecule has 0 fully saturated rings. The summed E-state index contributed by atoms with van der Waals surface area (Å²) in [6, 6.07) is 10.9. The highest BCUT2D eigenvalue weighted by molar-refractivity contribution is 5.92. The van der Waals surface area contributed by atoms with Crippen molar-refractivity contribution < 1.29 is 4.79 Å². The van der Waals surface area contributed by atoms with Crippen LogP contribution >= 0.6 is 0 Å². The molecule has 3 rings (SSSR count). The normalized spacial score (nSPS) is 12.0. The van der Waals surface area contributed by atoms with Gasteiger partial charge in [-0.2, -0.15) is 10.3 Å². The van der Waals surface area contributed by atoms with Gasteiger partial charge in [0.25, 0.3) is 5.91 Å². The Labute approximate surface area is 120 Å². The van der Waals surface area contributed by atoms with Crippen LogP contribution in [-0.2, 0) is 0 Å². The van der Waals surface area contributed by atoms with Gasteiger partial charge in [-0.25, -0.2) is 4.68 Å². The van der Waals surface area contributed by atoms with Crippen molar-refractivity contribution in [1.29, 1.82) is 0 Å². The van der Waals surface area contributed by atoms with E-state index in [0.717, 1.165) is 5.69 Å². The molecular weight excluding hydrogens is 270 g/mol. The van der Waals surface area contributed by atoms with E-state index in [1.807, 2.05) is 30.3 Å². The number of tetrazole rings is 1. The van der Waals surface area contributed by atoms with Crippen LogP contribution < -0.4 is 5.32 Å². The number of aromatic nitrogens is 6. The van der Waals surface area contributed by atoms with Crippen molar-refractivity contribution in [3.05, 3.63) is 54.1 Å². The number of carbonyl (C=O) groups is 1. The SMILES string of the molecule is CC(NC(=O)c1ccn(-c2ccccc2)n1)c1nn[nH]n1. The van der Waals surface area contributed by atoms with Crippen LogP contribution in [0.25, 0.3) is 5.69 Å². The van der Waals surface area contributed by atoms with Crippen LogP contribution in [0.4, 0.5) is 0 Å². The molecule has 1 unspecified atom stereocenters. The van der Waals surface area contributed by atoms with Gasteiger partial charge in [0.2, 0.25) is 0 Å². The van der Waals surface area contributed by atoms with Crippen molar-refractivity contribution in [2.45, 2.75) is 13.0 Å². The first-order chi connectivity index (χ1) is 10.2. The van der Waals surface area contributed by atoms with Crippen molar-refractivity contribution in [2.75, 3.05) is 0 Å². The maximum Gasteiger partial charge on any atom is 0.272 e. The quantitative estimate of drug-likeness (QED) is 0.740. The van der Waals surface area contributed by atoms with Gasteiger partial charge in [0.15, 0.2) is 11.5 Å². The minimum absolute atomic E-state index is 0.290. The van der Waals surface area contributed by atoms with Gasteiger partial charge in [0.1, 0.15) is 0 Å². The fourth-order valence-electron chi connectivity index (χ4n) is 1.86. The first-order valence-electron chi connectivity index (χ1n) is 6.39. The fraction of sp³-hybridized carbons (Fsp3) is 0.154. The predicted molar refractivity (Wildman–Crippen MR) is 73.6 cm³/mol. The Hall–Kier alpha value is -3.03. The molecule has 0 saturated heterocycles. The largest absolute Gasteiger partial charge is 0.341 e. The van der Waals surface area contributed by atoms with Crippen molar-refractivity contribution in [3.8, 4) is 5.69 Å². The fourth-order valence-corrected chi connectivity index (χ4v) is 1.86. The molecule has 8 nitrogen and oxygen atoms in total. The van der Waals surface area contributed by atoms with E-state index in [4.69, 9.17) is 0 Å². The molecule has 21 heavy (non-hydrogen) atoms. The lowest BCUT2D eigenvalue weighted by Gasteiger charge is -2.08. The lowest BCUT2D eigenvalue weighted by molar-refractivity contribution is 0.0933. The molecule has 3 aromatic rings. The highest BCUT2D eigenvalue weighted by Gasteiger charge is 2.16. The number of hydrogen-bond acceptors (Lipinski definition) is 5. The zero-order valence-corrected chi connectivity index (χ0v) is 11.3. The van der Waals surface area contributed by atoms with Crippen molar-refractivity contribution >= 4 is 5.91 Å². The summed E-state index contributed by atoms with van der Waals surface area (Å²) in [4.78, 5) is 12.1. The first kappa shape index (κ1) is 13.0. The zero-order chi connectivity index (χ0) is 14.7. The van der Waals surface area contributed by atoms with Gasteiger partial charge in [-0.05, 0) is 25.1 Å². The lowest BCUT2D eigenvalue weighted by Crippen LogP contribution is -2.27. The number of nitrogens with zero attached hydrogens (tertiary/aromatic N) is 5. The molecule has 0 radical (unpaired) electrons. The van der Waals surface area contributed by atoms with Gasteiger partial charge in [0, 0.05) is 6.20 Å². The molecule has 8 heteroatoms. The molecule has 2 aromatic heterocycles. The molecule has 0 aliphatic heterocycles. The Morgan fingerprint density at radius 1 is 1.29 bits per heavy atom. The number of carbonyl (C=O) groups excluding carboxylic acids is 1. The average molecular weight is 283 g/mol. The number of rotatable bonds is 4. The maximum atomic E-state index is 12.1. The van der Waals surface area contributed by atoms with Gasteiger partial charge in [-0.1, -0.05) is 23.4 Å². The van der Waals surface area contributed by atoms with E-state index in [1.54, 1.807) is 23.9 Å². The third-order valence-electron chi connectivity index (χ3n) is 2.94. The Balaban J connectivity index is 1.73. The van der Waals surface area contributed by atoms with Crippen LogP contribution in [-0.4, -0.2) is 36.3 Å². The molecule has 0 aliphatic rings. The monoisotopic (exact) mass is 283 g/mol. The highest BCUT2D eigenvalue weighted by Crippen LogP contribution is 2.09.